The SMILES string of the molecule is N#Cc1c(C#N)c(-n2ccnc2)c2ccccc2c1-n1ccnc1. The average Bonchev–Trinajstić information content (AvgIpc) is 3.33. The fraction of sp³-hybridized carbons (Fsp3) is 0. The molecule has 2 aromatic heterocycles. The first kappa shape index (κ1) is 13.7. The summed E-state index contributed by atoms with van der Waals surface area (Å²) in [5.74, 6) is 0. The highest BCUT2D eigenvalue weighted by Crippen LogP contribution is 2.34. The van der Waals surface area contributed by atoms with E-state index >= 15 is 0 Å². The third-order valence-corrected chi connectivity index (χ3v) is 3.91. The molecule has 24 heavy (non-hydrogen) atoms. The molecule has 0 aliphatic carbocycles. The number of imidazole rings is 2. The fourth-order valence-electron chi connectivity index (χ4n) is 2.94. The van der Waals surface area contributed by atoms with E-state index in [9.17, 15) is 10.5 Å². The van der Waals surface area contributed by atoms with E-state index in [0.29, 0.717) is 22.5 Å². The van der Waals surface area contributed by atoms with Crippen LogP contribution < -0.4 is 0 Å². The van der Waals surface area contributed by atoms with Crippen LogP contribution >= 0.6 is 0 Å². The predicted octanol–water partition coefficient (Wildman–Crippen LogP) is 2.95. The maximum Gasteiger partial charge on any atom is 0.103 e. The minimum absolute atomic E-state index is 0.318. The first-order chi connectivity index (χ1) is 11.8. The summed E-state index contributed by atoms with van der Waals surface area (Å²) >= 11 is 0. The summed E-state index contributed by atoms with van der Waals surface area (Å²) in [6.45, 7) is 0. The second-order valence-electron chi connectivity index (χ2n) is 5.16. The predicted molar refractivity (Wildman–Crippen MR) is 87.6 cm³/mol. The summed E-state index contributed by atoms with van der Waals surface area (Å²) in [6.07, 6.45) is 10.1. The van der Waals surface area contributed by atoms with Crippen molar-refractivity contribution in [1.82, 2.24) is 19.1 Å². The lowest BCUT2D eigenvalue weighted by atomic mass is 9.96. The van der Waals surface area contributed by atoms with Crippen LogP contribution in [0.1, 0.15) is 11.1 Å². The first-order valence-electron chi connectivity index (χ1n) is 7.20. The fourth-order valence-corrected chi connectivity index (χ4v) is 2.94. The minimum Gasteiger partial charge on any atom is -0.304 e. The zero-order valence-electron chi connectivity index (χ0n) is 12.5. The summed E-state index contributed by atoms with van der Waals surface area (Å²) in [6, 6.07) is 12.1. The van der Waals surface area contributed by atoms with Gasteiger partial charge in [0.05, 0.1) is 35.2 Å². The van der Waals surface area contributed by atoms with E-state index in [4.69, 9.17) is 0 Å². The Morgan fingerprint density at radius 2 is 1.21 bits per heavy atom. The summed E-state index contributed by atoms with van der Waals surface area (Å²) in [5, 5.41) is 21.2. The molecule has 0 aliphatic heterocycles. The Labute approximate surface area is 137 Å². The topological polar surface area (TPSA) is 83.2 Å². The first-order valence-corrected chi connectivity index (χ1v) is 7.20. The summed E-state index contributed by atoms with van der Waals surface area (Å²) in [7, 11) is 0. The van der Waals surface area contributed by atoms with E-state index < -0.39 is 0 Å². The molecule has 4 aromatic rings. The second-order valence-corrected chi connectivity index (χ2v) is 5.16. The van der Waals surface area contributed by atoms with Crippen molar-refractivity contribution >= 4 is 10.8 Å². The number of nitrogens with zero attached hydrogens (tertiary/aromatic N) is 6. The number of rotatable bonds is 2. The molecule has 2 aromatic carbocycles. The van der Waals surface area contributed by atoms with Gasteiger partial charge in [-0.15, -0.1) is 0 Å². The Morgan fingerprint density at radius 3 is 1.54 bits per heavy atom. The zero-order chi connectivity index (χ0) is 16.5. The molecule has 0 amide bonds. The molecule has 0 saturated carbocycles. The molecule has 0 fully saturated rings. The molecule has 0 radical (unpaired) electrons. The van der Waals surface area contributed by atoms with Gasteiger partial charge in [-0.1, -0.05) is 24.3 Å². The zero-order valence-corrected chi connectivity index (χ0v) is 12.5. The van der Waals surface area contributed by atoms with Crippen LogP contribution in [0.4, 0.5) is 0 Å². The van der Waals surface area contributed by atoms with Gasteiger partial charge >= 0.3 is 0 Å². The van der Waals surface area contributed by atoms with Gasteiger partial charge in [0.1, 0.15) is 12.1 Å². The van der Waals surface area contributed by atoms with Crippen LogP contribution in [0.15, 0.2) is 61.7 Å². The standard InChI is InChI=1S/C18H10N6/c19-9-15-16(10-20)18(24-8-6-22-12-24)14-4-2-1-3-13(14)17(15)23-7-5-21-11-23/h1-8,11-12H. The summed E-state index contributed by atoms with van der Waals surface area (Å²) in [4.78, 5) is 8.13. The Balaban J connectivity index is 2.26. The van der Waals surface area contributed by atoms with Crippen molar-refractivity contribution in [2.75, 3.05) is 0 Å². The molecular weight excluding hydrogens is 300 g/mol. The Hall–Kier alpha value is -3.90. The normalized spacial score (nSPS) is 10.4. The molecule has 6 heteroatoms. The molecule has 4 rings (SSSR count). The number of fused-ring (bicyclic) bond motifs is 1. The number of aromatic nitrogens is 4. The van der Waals surface area contributed by atoms with Crippen LogP contribution in [0.5, 0.6) is 0 Å². The highest BCUT2D eigenvalue weighted by atomic mass is 15.0. The van der Waals surface area contributed by atoms with Crippen LogP contribution in [0.3, 0.4) is 0 Å². The molecule has 0 aliphatic rings. The lowest BCUT2D eigenvalue weighted by Gasteiger charge is -2.16. The van der Waals surface area contributed by atoms with Crippen LogP contribution in [0.2, 0.25) is 0 Å². The minimum atomic E-state index is 0.318. The lowest BCUT2D eigenvalue weighted by molar-refractivity contribution is 1.04. The van der Waals surface area contributed by atoms with E-state index in [2.05, 4.69) is 22.1 Å². The van der Waals surface area contributed by atoms with Crippen molar-refractivity contribution in [3.63, 3.8) is 0 Å². The van der Waals surface area contributed by atoms with Gasteiger partial charge in [0.25, 0.3) is 0 Å². The molecule has 112 valence electrons. The number of hydrogen-bond donors (Lipinski definition) is 0. The molecule has 2 heterocycles. The van der Waals surface area contributed by atoms with E-state index in [1.54, 1.807) is 46.6 Å². The lowest BCUT2D eigenvalue weighted by Crippen LogP contribution is -2.05. The van der Waals surface area contributed by atoms with Crippen LogP contribution in [-0.2, 0) is 0 Å². The largest absolute Gasteiger partial charge is 0.304 e. The number of nitriles is 2. The third-order valence-electron chi connectivity index (χ3n) is 3.91. The Morgan fingerprint density at radius 1 is 0.750 bits per heavy atom. The van der Waals surface area contributed by atoms with Gasteiger partial charge in [-0.25, -0.2) is 9.97 Å². The van der Waals surface area contributed by atoms with Gasteiger partial charge in [0, 0.05) is 35.6 Å². The highest BCUT2D eigenvalue weighted by Gasteiger charge is 2.21. The average molecular weight is 310 g/mol. The summed E-state index contributed by atoms with van der Waals surface area (Å²) in [5.41, 5.74) is 1.95. The van der Waals surface area contributed by atoms with Gasteiger partial charge in [0.2, 0.25) is 0 Å². The van der Waals surface area contributed by atoms with Gasteiger partial charge in [-0.3, -0.25) is 0 Å². The van der Waals surface area contributed by atoms with Crippen molar-refractivity contribution in [1.29, 1.82) is 10.5 Å². The molecule has 0 bridgehead atoms. The van der Waals surface area contributed by atoms with Gasteiger partial charge < -0.3 is 9.13 Å². The van der Waals surface area contributed by atoms with E-state index in [1.807, 2.05) is 24.3 Å². The number of hydrogen-bond acceptors (Lipinski definition) is 4. The second kappa shape index (κ2) is 5.38. The maximum absolute atomic E-state index is 9.75. The quantitative estimate of drug-likeness (QED) is 0.570. The molecule has 0 unspecified atom stereocenters. The molecule has 0 spiro atoms. The third kappa shape index (κ3) is 1.88. The molecular formula is C18H10N6. The number of benzene rings is 2. The van der Waals surface area contributed by atoms with Crippen LogP contribution in [-0.4, -0.2) is 19.1 Å². The van der Waals surface area contributed by atoms with Crippen molar-refractivity contribution in [2.45, 2.75) is 0 Å². The van der Waals surface area contributed by atoms with E-state index in [1.165, 1.54) is 0 Å². The van der Waals surface area contributed by atoms with Crippen LogP contribution in [0.25, 0.3) is 22.1 Å². The Bertz CT molecular complexity index is 1020. The smallest absolute Gasteiger partial charge is 0.103 e. The monoisotopic (exact) mass is 310 g/mol. The van der Waals surface area contributed by atoms with Gasteiger partial charge in [-0.2, -0.15) is 10.5 Å². The van der Waals surface area contributed by atoms with Crippen molar-refractivity contribution in [2.24, 2.45) is 0 Å². The van der Waals surface area contributed by atoms with E-state index in [-0.39, 0.29) is 0 Å². The van der Waals surface area contributed by atoms with Gasteiger partial charge in [-0.05, 0) is 0 Å². The molecule has 0 atom stereocenters. The Kier molecular flexibility index (Phi) is 3.08. The molecule has 6 nitrogen and oxygen atoms in total. The van der Waals surface area contributed by atoms with Crippen molar-refractivity contribution < 1.29 is 0 Å². The van der Waals surface area contributed by atoms with Crippen LogP contribution in [0, 0.1) is 22.7 Å². The maximum atomic E-state index is 9.75. The van der Waals surface area contributed by atoms with Crippen molar-refractivity contribution in [3.05, 3.63) is 72.8 Å². The molecule has 0 N–H and O–H groups in total. The summed E-state index contributed by atoms with van der Waals surface area (Å²) < 4.78 is 3.53. The van der Waals surface area contributed by atoms with Crippen molar-refractivity contribution in [3.8, 4) is 23.5 Å². The highest BCUT2D eigenvalue weighted by molar-refractivity contribution is 6.01. The van der Waals surface area contributed by atoms with E-state index in [0.717, 1.165) is 10.8 Å². The molecule has 0 saturated heterocycles. The van der Waals surface area contributed by atoms with Gasteiger partial charge in [0.15, 0.2) is 0 Å².